The summed E-state index contributed by atoms with van der Waals surface area (Å²) in [6, 6.07) is 74.7. The molecule has 0 amide bonds. The van der Waals surface area contributed by atoms with E-state index in [-0.39, 0.29) is 23.1 Å². The Balaban J connectivity index is 1.14. The largest absolute Gasteiger partial charge is 0.376 e. The molecule has 0 saturated carbocycles. The predicted molar refractivity (Wildman–Crippen MR) is 323 cm³/mol. The van der Waals surface area contributed by atoms with Crippen molar-refractivity contribution in [2.24, 2.45) is 0 Å². The summed E-state index contributed by atoms with van der Waals surface area (Å²) >= 11 is 2.03. The minimum Gasteiger partial charge on any atom is -0.376 e. The van der Waals surface area contributed by atoms with Gasteiger partial charge in [-0.05, 0) is 175 Å². The third-order valence-corrected chi connectivity index (χ3v) is 19.1. The number of benzene rings is 9. The van der Waals surface area contributed by atoms with Crippen LogP contribution in [0.1, 0.15) is 102 Å². The first kappa shape index (κ1) is 46.2. The number of fused-ring (bicyclic) bond motifs is 10. The molecule has 1 aromatic heterocycles. The molecule has 4 heteroatoms. The Morgan fingerprint density at radius 3 is 1.79 bits per heavy atom. The molecule has 4 aliphatic rings. The number of rotatable bonds is 8. The highest BCUT2D eigenvalue weighted by Gasteiger charge is 2.49. The second kappa shape index (κ2) is 17.1. The minimum absolute atomic E-state index is 0.0378. The van der Waals surface area contributed by atoms with Crippen molar-refractivity contribution < 1.29 is 0 Å². The number of nitrogens with zero attached hydrogens (tertiary/aromatic N) is 2. The Morgan fingerprint density at radius 1 is 0.467 bits per heavy atom. The summed E-state index contributed by atoms with van der Waals surface area (Å²) in [5.41, 5.74) is 27.4. The Labute approximate surface area is 448 Å². The van der Waals surface area contributed by atoms with Crippen LogP contribution in [0.3, 0.4) is 0 Å². The van der Waals surface area contributed by atoms with Gasteiger partial charge in [0.25, 0.3) is 0 Å². The van der Waals surface area contributed by atoms with Crippen molar-refractivity contribution in [2.75, 3.05) is 9.71 Å². The van der Waals surface area contributed by atoms with E-state index in [0.717, 1.165) is 25.7 Å². The van der Waals surface area contributed by atoms with E-state index in [1.54, 1.807) is 0 Å². The van der Waals surface area contributed by atoms with Crippen LogP contribution < -0.4 is 20.0 Å². The Bertz CT molecular complexity index is 3900. The van der Waals surface area contributed by atoms with Crippen LogP contribution in [0.2, 0.25) is 0 Å². The maximum atomic E-state index is 2.75. The molecular weight excluding hydrogens is 924 g/mol. The Morgan fingerprint density at radius 2 is 1.09 bits per heavy atom. The molecule has 0 radical (unpaired) electrons. The molecule has 75 heavy (non-hydrogen) atoms. The zero-order valence-electron chi connectivity index (χ0n) is 44.4. The average Bonchev–Trinajstić information content (AvgIpc) is 3.94. The maximum Gasteiger partial charge on any atom is 0.343 e. The van der Waals surface area contributed by atoms with E-state index in [9.17, 15) is 0 Å². The van der Waals surface area contributed by atoms with E-state index in [4.69, 9.17) is 0 Å². The van der Waals surface area contributed by atoms with Crippen molar-refractivity contribution in [2.45, 2.75) is 96.8 Å². The highest BCUT2D eigenvalue weighted by Crippen LogP contribution is 2.58. The Kier molecular flexibility index (Phi) is 10.5. The van der Waals surface area contributed by atoms with E-state index in [1.165, 1.54) is 139 Å². The van der Waals surface area contributed by atoms with Crippen LogP contribution in [0.15, 0.2) is 194 Å². The molecule has 0 atom stereocenters. The van der Waals surface area contributed by atoms with Gasteiger partial charge in [-0.1, -0.05) is 188 Å². The lowest BCUT2D eigenvalue weighted by molar-refractivity contribution is 0.332. The van der Waals surface area contributed by atoms with Crippen LogP contribution in [0, 0.1) is 0 Å². The van der Waals surface area contributed by atoms with Crippen molar-refractivity contribution in [1.29, 1.82) is 0 Å². The van der Waals surface area contributed by atoms with Gasteiger partial charge in [0.1, 0.15) is 0 Å². The van der Waals surface area contributed by atoms with Gasteiger partial charge < -0.3 is 9.71 Å². The first-order valence-corrected chi connectivity index (χ1v) is 28.3. The molecule has 14 rings (SSSR count). The van der Waals surface area contributed by atoms with Crippen molar-refractivity contribution >= 4 is 66.9 Å². The lowest BCUT2D eigenvalue weighted by atomic mass is 9.46. The lowest BCUT2D eigenvalue weighted by Crippen LogP contribution is -2.60. The van der Waals surface area contributed by atoms with E-state index in [0.29, 0.717) is 0 Å². The zero-order chi connectivity index (χ0) is 51.0. The third-order valence-electron chi connectivity index (χ3n) is 17.9. The minimum atomic E-state index is -0.178. The molecule has 2 nitrogen and oxygen atoms in total. The molecule has 10 aromatic rings. The van der Waals surface area contributed by atoms with Gasteiger partial charge in [-0.2, -0.15) is 0 Å². The van der Waals surface area contributed by atoms with Crippen molar-refractivity contribution in [3.63, 3.8) is 0 Å². The third kappa shape index (κ3) is 7.12. The smallest absolute Gasteiger partial charge is 0.343 e. The maximum absolute atomic E-state index is 2.75. The molecule has 0 bridgehead atoms. The van der Waals surface area contributed by atoms with Crippen LogP contribution in [-0.4, -0.2) is 6.85 Å². The summed E-state index contributed by atoms with van der Waals surface area (Å²) < 4.78 is 2.75. The number of thiophene rings is 1. The fourth-order valence-electron chi connectivity index (χ4n) is 13.6. The monoisotopic (exact) mass is 986 g/mol. The van der Waals surface area contributed by atoms with E-state index in [2.05, 4.69) is 252 Å². The quantitative estimate of drug-likeness (QED) is 0.140. The molecule has 0 N–H and O–H groups in total. The van der Waals surface area contributed by atoms with Gasteiger partial charge in [0.15, 0.2) is 0 Å². The first-order chi connectivity index (χ1) is 36.4. The first-order valence-electron chi connectivity index (χ1n) is 27.5. The van der Waals surface area contributed by atoms with Crippen molar-refractivity contribution in [3.8, 4) is 55.6 Å². The van der Waals surface area contributed by atoms with Gasteiger partial charge in [0, 0.05) is 48.5 Å². The van der Waals surface area contributed by atoms with Crippen molar-refractivity contribution in [1.82, 2.24) is 0 Å². The highest BCUT2D eigenvalue weighted by atomic mass is 32.1. The second-order valence-corrected chi connectivity index (χ2v) is 24.8. The van der Waals surface area contributed by atoms with Crippen LogP contribution in [-0.2, 0) is 22.7 Å². The number of aryl methyl sites for hydroxylation is 1. The normalized spacial score (nSPS) is 16.0. The molecule has 0 saturated heterocycles. The van der Waals surface area contributed by atoms with Gasteiger partial charge in [-0.15, -0.1) is 11.3 Å². The van der Waals surface area contributed by atoms with Crippen LogP contribution >= 0.6 is 11.3 Å². The molecule has 2 aliphatic carbocycles. The van der Waals surface area contributed by atoms with E-state index < -0.39 is 0 Å². The van der Waals surface area contributed by atoms with Gasteiger partial charge in [-0.3, -0.25) is 0 Å². The summed E-state index contributed by atoms with van der Waals surface area (Å²) in [7, 11) is 0. The Hall–Kier alpha value is -7.40. The number of hydrogen-bond acceptors (Lipinski definition) is 3. The van der Waals surface area contributed by atoms with E-state index in [1.807, 2.05) is 11.3 Å². The van der Waals surface area contributed by atoms with E-state index >= 15 is 0 Å². The molecular formula is C71H63BN2S. The molecule has 0 fully saturated rings. The number of hydrogen-bond donors (Lipinski definition) is 0. The summed E-state index contributed by atoms with van der Waals surface area (Å²) in [6.45, 7) is 17.0. The topological polar surface area (TPSA) is 6.48 Å². The van der Waals surface area contributed by atoms with Crippen molar-refractivity contribution in [3.05, 3.63) is 222 Å². The summed E-state index contributed by atoms with van der Waals surface area (Å²) in [5.74, 6) is 0. The molecule has 3 heterocycles. The molecule has 366 valence electrons. The summed E-state index contributed by atoms with van der Waals surface area (Å²) in [6.07, 6.45) is 5.72. The SMILES string of the molecule is CCCCc1ccc(N2c3cc(-c4ccccc4)cc4c3B(c3sc5cc6c(cc5c32)C(C)(C)CCC6(C)C)N(c2ccc(-c3ccccc3)cc2)c2cc3c(cc2-4)-c2ccccc2C3(C)C)c(-c2ccccc2)c1. The van der Waals surface area contributed by atoms with Gasteiger partial charge >= 0.3 is 6.85 Å². The second-order valence-electron chi connectivity index (χ2n) is 23.7. The van der Waals surface area contributed by atoms with Crippen LogP contribution in [0.5, 0.6) is 0 Å². The molecule has 2 aliphatic heterocycles. The number of anilines is 5. The van der Waals surface area contributed by atoms with Gasteiger partial charge in [-0.25, -0.2) is 0 Å². The zero-order valence-corrected chi connectivity index (χ0v) is 45.2. The van der Waals surface area contributed by atoms with Crippen LogP contribution in [0.25, 0.3) is 65.7 Å². The fourth-order valence-corrected chi connectivity index (χ4v) is 15.0. The summed E-state index contributed by atoms with van der Waals surface area (Å²) in [5, 5.41) is 1.35. The highest BCUT2D eigenvalue weighted by molar-refractivity contribution is 7.32. The predicted octanol–water partition coefficient (Wildman–Crippen LogP) is 18.6. The number of unbranched alkanes of at least 4 members (excludes halogenated alkanes) is 1. The molecule has 0 spiro atoms. The lowest BCUT2D eigenvalue weighted by Gasteiger charge is -2.45. The summed E-state index contributed by atoms with van der Waals surface area (Å²) in [4.78, 5) is 5.49. The van der Waals surface area contributed by atoms with Gasteiger partial charge in [0.2, 0.25) is 0 Å². The van der Waals surface area contributed by atoms with Gasteiger partial charge in [0.05, 0.1) is 11.4 Å². The average molecular weight is 987 g/mol. The standard InChI is InChI=1S/C71H63BN2S/c1-8-9-21-45-30-35-62(53(38-45)49-26-17-12-18-27-49)73-64-40-50(47-24-15-11-16-25-47)39-56-55-41-54-52-28-19-20-29-58(52)71(6,7)59(54)43-63(55)74(51-33-31-48(32-34-51)46-22-13-10-14-23-46)72(66(56)64)68-67(73)57-42-60-61(44-65(57)75-68)70(4,5)37-36-69(60,2)3/h10-20,22-35,38-44H,8-9,21,36-37H2,1-7H3. The fraction of sp³-hybridized carbons (Fsp3) is 0.211. The van der Waals surface area contributed by atoms with Crippen LogP contribution in [0.4, 0.5) is 28.4 Å². The molecule has 9 aromatic carbocycles. The molecule has 0 unspecified atom stereocenters.